The van der Waals surface area contributed by atoms with E-state index in [2.05, 4.69) is 5.32 Å². The lowest BCUT2D eigenvalue weighted by Gasteiger charge is -2.05. The Hall–Kier alpha value is -1.72. The number of benzene rings is 1. The van der Waals surface area contributed by atoms with E-state index in [0.717, 1.165) is 12.5 Å². The summed E-state index contributed by atoms with van der Waals surface area (Å²) in [6.45, 7) is 2.34. The molecule has 4 nitrogen and oxygen atoms in total. The molecule has 0 aliphatic heterocycles. The molecule has 15 heavy (non-hydrogen) atoms. The van der Waals surface area contributed by atoms with Gasteiger partial charge in [0.05, 0.1) is 10.6 Å². The predicted octanol–water partition coefficient (Wildman–Crippen LogP) is 2.69. The number of anilines is 1. The Kier molecular flexibility index (Phi) is 3.54. The van der Waals surface area contributed by atoms with Gasteiger partial charge in [-0.2, -0.15) is 4.39 Å². The summed E-state index contributed by atoms with van der Waals surface area (Å²) in [5, 5.41) is 13.0. The molecule has 1 N–H and O–H groups in total. The van der Waals surface area contributed by atoms with Crippen molar-refractivity contribution < 1.29 is 13.7 Å². The molecule has 82 valence electrons. The van der Waals surface area contributed by atoms with E-state index in [1.54, 1.807) is 0 Å². The molecular weight excluding hydrogens is 206 g/mol. The Morgan fingerprint density at radius 2 is 2.07 bits per heavy atom. The third-order valence-electron chi connectivity index (χ3n) is 1.80. The average molecular weight is 216 g/mol. The molecule has 1 rings (SSSR count). The highest BCUT2D eigenvalue weighted by atomic mass is 19.1. The molecule has 6 heteroatoms. The topological polar surface area (TPSA) is 55.2 Å². The fourth-order valence-electron chi connectivity index (χ4n) is 1.07. The first-order valence-electron chi connectivity index (χ1n) is 4.43. The number of nitro benzene ring substituents is 1. The lowest BCUT2D eigenvalue weighted by molar-refractivity contribution is -0.387. The summed E-state index contributed by atoms with van der Waals surface area (Å²) in [6.07, 6.45) is 0.741. The molecule has 0 bridgehead atoms. The first-order chi connectivity index (χ1) is 7.06. The molecule has 0 radical (unpaired) electrons. The van der Waals surface area contributed by atoms with Gasteiger partial charge in [-0.3, -0.25) is 10.1 Å². The largest absolute Gasteiger partial charge is 0.382 e. The smallest absolute Gasteiger partial charge is 0.307 e. The van der Waals surface area contributed by atoms with Crippen molar-refractivity contribution in [1.29, 1.82) is 0 Å². The Balaban J connectivity index is 3.06. The maximum Gasteiger partial charge on any atom is 0.307 e. The number of nitro groups is 1. The van der Waals surface area contributed by atoms with E-state index in [0.29, 0.717) is 12.6 Å². The van der Waals surface area contributed by atoms with Crippen molar-refractivity contribution in [2.45, 2.75) is 13.3 Å². The van der Waals surface area contributed by atoms with Gasteiger partial charge < -0.3 is 5.32 Å². The Bertz CT molecular complexity index is 383. The molecule has 0 saturated heterocycles. The van der Waals surface area contributed by atoms with Gasteiger partial charge in [-0.1, -0.05) is 6.92 Å². The average Bonchev–Trinajstić information content (AvgIpc) is 2.16. The van der Waals surface area contributed by atoms with Crippen molar-refractivity contribution in [3.8, 4) is 0 Å². The van der Waals surface area contributed by atoms with Gasteiger partial charge in [0.25, 0.3) is 0 Å². The van der Waals surface area contributed by atoms with Crippen molar-refractivity contribution in [2.75, 3.05) is 11.9 Å². The summed E-state index contributed by atoms with van der Waals surface area (Å²) >= 11 is 0. The molecule has 0 fully saturated rings. The third kappa shape index (κ3) is 2.61. The molecule has 0 amide bonds. The summed E-state index contributed by atoms with van der Waals surface area (Å²) in [4.78, 5) is 9.49. The maximum absolute atomic E-state index is 13.1. The van der Waals surface area contributed by atoms with E-state index < -0.39 is 22.2 Å². The number of hydrogen-bond acceptors (Lipinski definition) is 3. The molecule has 0 aliphatic rings. The van der Waals surface area contributed by atoms with Crippen LogP contribution in [0.25, 0.3) is 0 Å². The number of halogens is 2. The summed E-state index contributed by atoms with van der Waals surface area (Å²) in [5.74, 6) is -1.99. The Morgan fingerprint density at radius 1 is 1.40 bits per heavy atom. The van der Waals surface area contributed by atoms with E-state index in [9.17, 15) is 18.9 Å². The summed E-state index contributed by atoms with van der Waals surface area (Å²) < 4.78 is 26.0. The molecular formula is C9H10F2N2O2. The zero-order valence-corrected chi connectivity index (χ0v) is 8.09. The SMILES string of the molecule is CCCNc1cc([N+](=O)[O-])c(F)cc1F. The molecule has 0 saturated carbocycles. The molecule has 0 unspecified atom stereocenters. The van der Waals surface area contributed by atoms with Crippen LogP contribution < -0.4 is 5.32 Å². The molecule has 1 aromatic carbocycles. The van der Waals surface area contributed by atoms with E-state index in [1.807, 2.05) is 6.92 Å². The first-order valence-corrected chi connectivity index (χ1v) is 4.43. The van der Waals surface area contributed by atoms with Crippen molar-refractivity contribution in [2.24, 2.45) is 0 Å². The van der Waals surface area contributed by atoms with E-state index in [-0.39, 0.29) is 5.69 Å². The highest BCUT2D eigenvalue weighted by Gasteiger charge is 2.17. The molecule has 0 atom stereocenters. The van der Waals surface area contributed by atoms with Crippen molar-refractivity contribution >= 4 is 11.4 Å². The summed E-state index contributed by atoms with van der Waals surface area (Å²) in [7, 11) is 0. The van der Waals surface area contributed by atoms with Crippen LogP contribution in [0.4, 0.5) is 20.2 Å². The highest BCUT2D eigenvalue weighted by Crippen LogP contribution is 2.24. The van der Waals surface area contributed by atoms with Crippen LogP contribution in [0.3, 0.4) is 0 Å². The standard InChI is InChI=1S/C9H10F2N2O2/c1-2-3-12-8-5-9(13(14)15)7(11)4-6(8)10/h4-5,12H,2-3H2,1H3. The zero-order valence-electron chi connectivity index (χ0n) is 8.09. The third-order valence-corrected chi connectivity index (χ3v) is 1.80. The number of hydrogen-bond donors (Lipinski definition) is 1. The van der Waals surface area contributed by atoms with Gasteiger partial charge in [0.15, 0.2) is 0 Å². The maximum atomic E-state index is 13.1. The van der Waals surface area contributed by atoms with Gasteiger partial charge in [-0.15, -0.1) is 0 Å². The van der Waals surface area contributed by atoms with Crippen molar-refractivity contribution in [3.63, 3.8) is 0 Å². The van der Waals surface area contributed by atoms with E-state index in [1.165, 1.54) is 0 Å². The lowest BCUT2D eigenvalue weighted by Crippen LogP contribution is -2.04. The van der Waals surface area contributed by atoms with Crippen LogP contribution in [-0.2, 0) is 0 Å². The predicted molar refractivity (Wildman–Crippen MR) is 51.8 cm³/mol. The van der Waals surface area contributed by atoms with Gasteiger partial charge >= 0.3 is 5.69 Å². The van der Waals surface area contributed by atoms with E-state index >= 15 is 0 Å². The molecule has 0 spiro atoms. The second-order valence-electron chi connectivity index (χ2n) is 2.97. The molecule has 0 heterocycles. The Morgan fingerprint density at radius 3 is 2.60 bits per heavy atom. The number of rotatable bonds is 4. The van der Waals surface area contributed by atoms with Gasteiger partial charge in [0, 0.05) is 18.7 Å². The lowest BCUT2D eigenvalue weighted by atomic mass is 10.2. The molecule has 0 aromatic heterocycles. The summed E-state index contributed by atoms with van der Waals surface area (Å²) in [6, 6.07) is 1.37. The molecule has 0 aliphatic carbocycles. The first kappa shape index (κ1) is 11.4. The monoisotopic (exact) mass is 216 g/mol. The van der Waals surface area contributed by atoms with Gasteiger partial charge in [0.1, 0.15) is 5.82 Å². The quantitative estimate of drug-likeness (QED) is 0.621. The summed E-state index contributed by atoms with van der Waals surface area (Å²) in [5.41, 5.74) is -0.778. The second-order valence-corrected chi connectivity index (χ2v) is 2.97. The zero-order chi connectivity index (χ0) is 11.4. The van der Waals surface area contributed by atoms with Gasteiger partial charge in [-0.25, -0.2) is 4.39 Å². The minimum atomic E-state index is -1.17. The normalized spacial score (nSPS) is 10.1. The minimum Gasteiger partial charge on any atom is -0.382 e. The van der Waals surface area contributed by atoms with Crippen LogP contribution in [0.1, 0.15) is 13.3 Å². The van der Waals surface area contributed by atoms with Crippen molar-refractivity contribution in [3.05, 3.63) is 33.9 Å². The molecule has 1 aromatic rings. The number of nitrogens with zero attached hydrogens (tertiary/aromatic N) is 1. The van der Waals surface area contributed by atoms with Crippen LogP contribution in [0, 0.1) is 21.7 Å². The Labute approximate surface area is 85.1 Å². The minimum absolute atomic E-state index is 0.0510. The fourth-order valence-corrected chi connectivity index (χ4v) is 1.07. The van der Waals surface area contributed by atoms with Gasteiger partial charge in [-0.05, 0) is 6.42 Å². The van der Waals surface area contributed by atoms with Crippen molar-refractivity contribution in [1.82, 2.24) is 0 Å². The van der Waals surface area contributed by atoms with Gasteiger partial charge in [0.2, 0.25) is 5.82 Å². The van der Waals surface area contributed by atoms with Crippen LogP contribution in [0.2, 0.25) is 0 Å². The van der Waals surface area contributed by atoms with Crippen LogP contribution >= 0.6 is 0 Å². The van der Waals surface area contributed by atoms with Crippen LogP contribution in [0.5, 0.6) is 0 Å². The number of nitrogens with one attached hydrogen (secondary N) is 1. The van der Waals surface area contributed by atoms with Crippen LogP contribution in [0.15, 0.2) is 12.1 Å². The highest BCUT2D eigenvalue weighted by molar-refractivity contribution is 5.52. The van der Waals surface area contributed by atoms with Crippen LogP contribution in [-0.4, -0.2) is 11.5 Å². The fraction of sp³-hybridized carbons (Fsp3) is 0.333. The van der Waals surface area contributed by atoms with E-state index in [4.69, 9.17) is 0 Å². The second kappa shape index (κ2) is 4.68.